The fraction of sp³-hybridized carbons (Fsp3) is 0.533. The number of hydrogen-bond donors (Lipinski definition) is 1. The lowest BCUT2D eigenvalue weighted by molar-refractivity contribution is -0.186. The molecule has 2 rings (SSSR count). The SMILES string of the molecule is CC(O)CC[C@@H](OCc1ccccc1)[C@H]1CC(=O)O1. The van der Waals surface area contributed by atoms with E-state index in [4.69, 9.17) is 9.47 Å². The normalized spacial score (nSPS) is 21.4. The number of cyclic esters (lactones) is 1. The molecule has 1 unspecified atom stereocenters. The predicted octanol–water partition coefficient (Wildman–Crippen LogP) is 2.05. The fourth-order valence-electron chi connectivity index (χ4n) is 2.09. The van der Waals surface area contributed by atoms with Gasteiger partial charge in [0.1, 0.15) is 6.10 Å². The first-order valence-corrected chi connectivity index (χ1v) is 6.68. The zero-order valence-electron chi connectivity index (χ0n) is 11.1. The van der Waals surface area contributed by atoms with Crippen molar-refractivity contribution in [1.29, 1.82) is 0 Å². The molecule has 3 atom stereocenters. The molecule has 1 aliphatic rings. The smallest absolute Gasteiger partial charge is 0.310 e. The van der Waals surface area contributed by atoms with E-state index in [0.29, 0.717) is 25.9 Å². The molecule has 0 aromatic heterocycles. The number of hydrogen-bond acceptors (Lipinski definition) is 4. The first kappa shape index (κ1) is 14.0. The topological polar surface area (TPSA) is 55.8 Å². The minimum atomic E-state index is -0.362. The fourth-order valence-corrected chi connectivity index (χ4v) is 2.09. The van der Waals surface area contributed by atoms with Gasteiger partial charge in [-0.1, -0.05) is 30.3 Å². The molecule has 104 valence electrons. The molecule has 4 nitrogen and oxygen atoms in total. The van der Waals surface area contributed by atoms with Gasteiger partial charge in [0.2, 0.25) is 0 Å². The highest BCUT2D eigenvalue weighted by Gasteiger charge is 2.36. The van der Waals surface area contributed by atoms with Gasteiger partial charge < -0.3 is 14.6 Å². The van der Waals surface area contributed by atoms with Gasteiger partial charge in [-0.05, 0) is 25.3 Å². The van der Waals surface area contributed by atoms with Crippen molar-refractivity contribution in [2.45, 2.75) is 51.1 Å². The average Bonchev–Trinajstić information content (AvgIpc) is 2.37. The molecule has 1 aromatic rings. The van der Waals surface area contributed by atoms with Gasteiger partial charge in [-0.15, -0.1) is 0 Å². The number of benzene rings is 1. The molecule has 1 aliphatic heterocycles. The van der Waals surface area contributed by atoms with Crippen LogP contribution in [0.4, 0.5) is 0 Å². The second-order valence-corrected chi connectivity index (χ2v) is 4.99. The van der Waals surface area contributed by atoms with E-state index in [1.165, 1.54) is 0 Å². The van der Waals surface area contributed by atoms with Crippen molar-refractivity contribution in [2.24, 2.45) is 0 Å². The van der Waals surface area contributed by atoms with Crippen molar-refractivity contribution in [1.82, 2.24) is 0 Å². The van der Waals surface area contributed by atoms with E-state index in [0.717, 1.165) is 5.56 Å². The van der Waals surface area contributed by atoms with Crippen molar-refractivity contribution in [3.63, 3.8) is 0 Å². The summed E-state index contributed by atoms with van der Waals surface area (Å²) in [4.78, 5) is 10.9. The van der Waals surface area contributed by atoms with Gasteiger partial charge in [0, 0.05) is 0 Å². The van der Waals surface area contributed by atoms with Crippen molar-refractivity contribution in [2.75, 3.05) is 0 Å². The second-order valence-electron chi connectivity index (χ2n) is 4.99. The Morgan fingerprint density at radius 1 is 1.37 bits per heavy atom. The number of carbonyl (C=O) groups excluding carboxylic acids is 1. The van der Waals surface area contributed by atoms with Crippen LogP contribution in [0.25, 0.3) is 0 Å². The first-order valence-electron chi connectivity index (χ1n) is 6.68. The Balaban J connectivity index is 1.84. The van der Waals surface area contributed by atoms with Gasteiger partial charge in [0.05, 0.1) is 25.2 Å². The maximum Gasteiger partial charge on any atom is 0.310 e. The molecule has 1 N–H and O–H groups in total. The van der Waals surface area contributed by atoms with Crippen LogP contribution < -0.4 is 0 Å². The Bertz CT molecular complexity index is 394. The van der Waals surface area contributed by atoms with Gasteiger partial charge in [-0.2, -0.15) is 0 Å². The molecule has 0 spiro atoms. The van der Waals surface area contributed by atoms with E-state index in [1.807, 2.05) is 30.3 Å². The van der Waals surface area contributed by atoms with E-state index >= 15 is 0 Å². The van der Waals surface area contributed by atoms with E-state index < -0.39 is 0 Å². The summed E-state index contributed by atoms with van der Waals surface area (Å²) in [6.45, 7) is 2.25. The number of ether oxygens (including phenoxy) is 2. The van der Waals surface area contributed by atoms with Gasteiger partial charge in [0.15, 0.2) is 0 Å². The van der Waals surface area contributed by atoms with Gasteiger partial charge in [-0.3, -0.25) is 4.79 Å². The van der Waals surface area contributed by atoms with Crippen molar-refractivity contribution < 1.29 is 19.4 Å². The molecule has 1 heterocycles. The molecule has 1 saturated heterocycles. The summed E-state index contributed by atoms with van der Waals surface area (Å²) in [6, 6.07) is 9.89. The largest absolute Gasteiger partial charge is 0.459 e. The Morgan fingerprint density at radius 2 is 2.05 bits per heavy atom. The monoisotopic (exact) mass is 264 g/mol. The predicted molar refractivity (Wildman–Crippen MR) is 70.4 cm³/mol. The van der Waals surface area contributed by atoms with Crippen LogP contribution in [-0.4, -0.2) is 29.4 Å². The van der Waals surface area contributed by atoms with Crippen LogP contribution in [0.1, 0.15) is 31.7 Å². The number of carbonyl (C=O) groups is 1. The summed E-state index contributed by atoms with van der Waals surface area (Å²) in [7, 11) is 0. The average molecular weight is 264 g/mol. The quantitative estimate of drug-likeness (QED) is 0.766. The van der Waals surface area contributed by atoms with Gasteiger partial charge in [-0.25, -0.2) is 0 Å². The number of esters is 1. The second kappa shape index (κ2) is 6.68. The molecule has 4 heteroatoms. The van der Waals surface area contributed by atoms with E-state index in [1.54, 1.807) is 6.92 Å². The van der Waals surface area contributed by atoms with Crippen LogP contribution in [0.15, 0.2) is 30.3 Å². The highest BCUT2D eigenvalue weighted by Crippen LogP contribution is 2.24. The highest BCUT2D eigenvalue weighted by molar-refractivity contribution is 5.75. The van der Waals surface area contributed by atoms with E-state index in [2.05, 4.69) is 0 Å². The number of rotatable bonds is 7. The standard InChI is InChI=1S/C15H20O4/c1-11(16)7-8-13(14-9-15(17)19-14)18-10-12-5-3-2-4-6-12/h2-6,11,13-14,16H,7-10H2,1H3/t11?,13-,14-/m1/s1. The van der Waals surface area contributed by atoms with Gasteiger partial charge >= 0.3 is 5.97 Å². The Kier molecular flexibility index (Phi) is 4.93. The molecule has 0 aliphatic carbocycles. The first-order chi connectivity index (χ1) is 9.15. The summed E-state index contributed by atoms with van der Waals surface area (Å²) in [6.07, 6.45) is 1.11. The third kappa shape index (κ3) is 4.33. The third-order valence-corrected chi connectivity index (χ3v) is 3.24. The third-order valence-electron chi connectivity index (χ3n) is 3.24. The number of aliphatic hydroxyl groups excluding tert-OH is 1. The summed E-state index contributed by atoms with van der Waals surface area (Å²) in [5.41, 5.74) is 1.09. The van der Waals surface area contributed by atoms with Crippen LogP contribution >= 0.6 is 0 Å². The summed E-state index contributed by atoms with van der Waals surface area (Å²) < 4.78 is 10.9. The van der Waals surface area contributed by atoms with Crippen molar-refractivity contribution in [3.8, 4) is 0 Å². The summed E-state index contributed by atoms with van der Waals surface area (Å²) in [5, 5.41) is 9.35. The van der Waals surface area contributed by atoms with Crippen LogP contribution in [0.5, 0.6) is 0 Å². The Hall–Kier alpha value is -1.39. The van der Waals surface area contributed by atoms with E-state index in [9.17, 15) is 9.90 Å². The van der Waals surface area contributed by atoms with Crippen LogP contribution in [0.2, 0.25) is 0 Å². The minimum absolute atomic E-state index is 0.132. The van der Waals surface area contributed by atoms with Crippen molar-refractivity contribution in [3.05, 3.63) is 35.9 Å². The maximum atomic E-state index is 10.9. The molecule has 19 heavy (non-hydrogen) atoms. The molecule has 1 fully saturated rings. The lowest BCUT2D eigenvalue weighted by atomic mass is 10.0. The summed E-state index contributed by atoms with van der Waals surface area (Å²) in [5.74, 6) is -0.171. The summed E-state index contributed by atoms with van der Waals surface area (Å²) >= 11 is 0. The van der Waals surface area contributed by atoms with Crippen LogP contribution in [-0.2, 0) is 20.9 Å². The van der Waals surface area contributed by atoms with E-state index in [-0.39, 0.29) is 24.3 Å². The van der Waals surface area contributed by atoms with Crippen LogP contribution in [0.3, 0.4) is 0 Å². The minimum Gasteiger partial charge on any atom is -0.459 e. The van der Waals surface area contributed by atoms with Crippen molar-refractivity contribution >= 4 is 5.97 Å². The Morgan fingerprint density at radius 3 is 2.63 bits per heavy atom. The zero-order chi connectivity index (χ0) is 13.7. The van der Waals surface area contributed by atoms with Gasteiger partial charge in [0.25, 0.3) is 0 Å². The Labute approximate surface area is 113 Å². The molecular formula is C15H20O4. The lowest BCUT2D eigenvalue weighted by Gasteiger charge is -2.33. The molecule has 1 aromatic carbocycles. The maximum absolute atomic E-state index is 10.9. The molecular weight excluding hydrogens is 244 g/mol. The number of aliphatic hydroxyl groups is 1. The highest BCUT2D eigenvalue weighted by atomic mass is 16.6. The zero-order valence-corrected chi connectivity index (χ0v) is 11.1. The lowest BCUT2D eigenvalue weighted by Crippen LogP contribution is -2.43. The molecule has 0 radical (unpaired) electrons. The molecule has 0 saturated carbocycles. The van der Waals surface area contributed by atoms with Crippen LogP contribution in [0, 0.1) is 0 Å². The molecule has 0 amide bonds. The molecule has 0 bridgehead atoms.